The van der Waals surface area contributed by atoms with Crippen LogP contribution in [0.3, 0.4) is 0 Å². The molecule has 0 radical (unpaired) electrons. The lowest BCUT2D eigenvalue weighted by Crippen LogP contribution is -2.27. The molecule has 3 nitrogen and oxygen atoms in total. The molecule has 1 aromatic carbocycles. The molecule has 1 aliphatic heterocycles. The van der Waals surface area contributed by atoms with Gasteiger partial charge in [0.1, 0.15) is 0 Å². The summed E-state index contributed by atoms with van der Waals surface area (Å²) in [6.45, 7) is 0.276. The molecule has 2 rings (SSSR count). The van der Waals surface area contributed by atoms with Crippen LogP contribution in [0.15, 0.2) is 18.2 Å². The van der Waals surface area contributed by atoms with Crippen LogP contribution in [0, 0.1) is 11.8 Å². The second kappa shape index (κ2) is 7.58. The Bertz CT molecular complexity index is 545. The van der Waals surface area contributed by atoms with Crippen LogP contribution < -0.4 is 11.1 Å². The Morgan fingerprint density at radius 2 is 2.35 bits per heavy atom. The van der Waals surface area contributed by atoms with Gasteiger partial charge in [-0.2, -0.15) is 0 Å². The fourth-order valence-corrected chi connectivity index (χ4v) is 3.41. The zero-order valence-corrected chi connectivity index (χ0v) is 12.7. The molecule has 106 valence electrons. The maximum atomic E-state index is 12.2. The largest absolute Gasteiger partial charge is 0.324 e. The maximum absolute atomic E-state index is 12.2. The van der Waals surface area contributed by atoms with Crippen molar-refractivity contribution in [2.45, 2.75) is 24.5 Å². The molecule has 1 fully saturated rings. The fourth-order valence-electron chi connectivity index (χ4n) is 2.04. The maximum Gasteiger partial charge on any atom is 0.237 e. The van der Waals surface area contributed by atoms with E-state index in [1.54, 1.807) is 30.0 Å². The summed E-state index contributed by atoms with van der Waals surface area (Å²) in [7, 11) is 0. The SMILES string of the molecule is NCC#Cc1cc(Cl)ccc1NC(=O)C1CCCCS1. The molecule has 3 N–H and O–H groups in total. The summed E-state index contributed by atoms with van der Waals surface area (Å²) < 4.78 is 0. The number of rotatable bonds is 2. The summed E-state index contributed by atoms with van der Waals surface area (Å²) in [5, 5.41) is 3.59. The Morgan fingerprint density at radius 3 is 3.05 bits per heavy atom. The van der Waals surface area contributed by atoms with Gasteiger partial charge in [0.05, 0.1) is 17.5 Å². The van der Waals surface area contributed by atoms with Gasteiger partial charge in [0.15, 0.2) is 0 Å². The third-order valence-electron chi connectivity index (χ3n) is 3.04. The van der Waals surface area contributed by atoms with Crippen LogP contribution in [0.25, 0.3) is 0 Å². The number of thioether (sulfide) groups is 1. The quantitative estimate of drug-likeness (QED) is 0.826. The average molecular weight is 309 g/mol. The Kier molecular flexibility index (Phi) is 5.78. The molecule has 1 atom stereocenters. The van der Waals surface area contributed by atoms with E-state index >= 15 is 0 Å². The van der Waals surface area contributed by atoms with Crippen LogP contribution in [0.5, 0.6) is 0 Å². The van der Waals surface area contributed by atoms with Crippen molar-refractivity contribution < 1.29 is 4.79 Å². The Morgan fingerprint density at radius 1 is 1.50 bits per heavy atom. The molecule has 20 heavy (non-hydrogen) atoms. The minimum Gasteiger partial charge on any atom is -0.324 e. The van der Waals surface area contributed by atoms with Crippen LogP contribution >= 0.6 is 23.4 Å². The summed E-state index contributed by atoms with van der Waals surface area (Å²) >= 11 is 7.69. The standard InChI is InChI=1S/C15H17ClN2OS/c16-12-6-7-13(11(10-12)4-3-8-17)18-15(19)14-5-1-2-9-20-14/h6-7,10,14H,1-2,5,8-9,17H2,(H,18,19). The van der Waals surface area contributed by atoms with Crippen LogP contribution in [0.2, 0.25) is 5.02 Å². The number of halogens is 1. The lowest BCUT2D eigenvalue weighted by atomic mass is 10.1. The second-order valence-electron chi connectivity index (χ2n) is 4.54. The Labute approximate surface area is 128 Å². The molecule has 1 saturated heterocycles. The van der Waals surface area contributed by atoms with E-state index in [1.807, 2.05) is 0 Å². The van der Waals surface area contributed by atoms with Crippen molar-refractivity contribution in [3.8, 4) is 11.8 Å². The first-order chi connectivity index (χ1) is 9.70. The predicted octanol–water partition coefficient (Wildman–Crippen LogP) is 2.87. The summed E-state index contributed by atoms with van der Waals surface area (Å²) in [6, 6.07) is 5.28. The summed E-state index contributed by atoms with van der Waals surface area (Å²) in [4.78, 5) is 12.2. The van der Waals surface area contributed by atoms with E-state index < -0.39 is 0 Å². The lowest BCUT2D eigenvalue weighted by molar-refractivity contribution is -0.115. The van der Waals surface area contributed by atoms with E-state index in [1.165, 1.54) is 6.42 Å². The van der Waals surface area contributed by atoms with Crippen molar-refractivity contribution in [3.05, 3.63) is 28.8 Å². The van der Waals surface area contributed by atoms with Gasteiger partial charge < -0.3 is 11.1 Å². The van der Waals surface area contributed by atoms with Gasteiger partial charge in [-0.3, -0.25) is 4.79 Å². The Hall–Kier alpha value is -1.15. The number of nitrogens with two attached hydrogens (primary N) is 1. The van der Waals surface area contributed by atoms with E-state index in [0.717, 1.165) is 18.6 Å². The van der Waals surface area contributed by atoms with Crippen molar-refractivity contribution >= 4 is 35.0 Å². The predicted molar refractivity (Wildman–Crippen MR) is 86.1 cm³/mol. The molecule has 0 aromatic heterocycles. The van der Waals surface area contributed by atoms with E-state index in [9.17, 15) is 4.79 Å². The van der Waals surface area contributed by atoms with Crippen molar-refractivity contribution in [3.63, 3.8) is 0 Å². The third kappa shape index (κ3) is 4.17. The van der Waals surface area contributed by atoms with Gasteiger partial charge in [-0.1, -0.05) is 29.9 Å². The van der Waals surface area contributed by atoms with Gasteiger partial charge in [0, 0.05) is 10.6 Å². The van der Waals surface area contributed by atoms with Gasteiger partial charge in [-0.15, -0.1) is 11.8 Å². The van der Waals surface area contributed by atoms with E-state index in [-0.39, 0.29) is 17.7 Å². The highest BCUT2D eigenvalue weighted by Gasteiger charge is 2.22. The van der Waals surface area contributed by atoms with Crippen molar-refractivity contribution in [2.75, 3.05) is 17.6 Å². The Balaban J connectivity index is 2.13. The third-order valence-corrected chi connectivity index (χ3v) is 4.65. The number of hydrogen-bond donors (Lipinski definition) is 2. The molecule has 0 spiro atoms. The molecule has 0 bridgehead atoms. The van der Waals surface area contributed by atoms with Gasteiger partial charge in [-0.25, -0.2) is 0 Å². The zero-order valence-electron chi connectivity index (χ0n) is 11.1. The van der Waals surface area contributed by atoms with Crippen molar-refractivity contribution in [1.29, 1.82) is 0 Å². The second-order valence-corrected chi connectivity index (χ2v) is 6.29. The summed E-state index contributed by atoms with van der Waals surface area (Å²) in [6.07, 6.45) is 3.25. The molecule has 1 aliphatic rings. The highest BCUT2D eigenvalue weighted by Crippen LogP contribution is 2.27. The summed E-state index contributed by atoms with van der Waals surface area (Å²) in [5.74, 6) is 6.83. The van der Waals surface area contributed by atoms with Crippen molar-refractivity contribution in [1.82, 2.24) is 0 Å². The van der Waals surface area contributed by atoms with Gasteiger partial charge in [-0.05, 0) is 36.8 Å². The first kappa shape index (κ1) is 15.2. The smallest absolute Gasteiger partial charge is 0.237 e. The number of hydrogen-bond acceptors (Lipinski definition) is 3. The van der Waals surface area contributed by atoms with Crippen LogP contribution in [0.1, 0.15) is 24.8 Å². The number of carbonyl (C=O) groups excluding carboxylic acids is 1. The molecule has 5 heteroatoms. The van der Waals surface area contributed by atoms with Crippen LogP contribution in [0.4, 0.5) is 5.69 Å². The van der Waals surface area contributed by atoms with Gasteiger partial charge >= 0.3 is 0 Å². The number of anilines is 1. The fraction of sp³-hybridized carbons (Fsp3) is 0.400. The van der Waals surface area contributed by atoms with E-state index in [2.05, 4.69) is 17.2 Å². The number of benzene rings is 1. The first-order valence-corrected chi connectivity index (χ1v) is 8.04. The van der Waals surface area contributed by atoms with Gasteiger partial charge in [0.2, 0.25) is 5.91 Å². The van der Waals surface area contributed by atoms with Gasteiger partial charge in [0.25, 0.3) is 0 Å². The highest BCUT2D eigenvalue weighted by atomic mass is 35.5. The van der Waals surface area contributed by atoms with E-state index in [4.69, 9.17) is 17.3 Å². The highest BCUT2D eigenvalue weighted by molar-refractivity contribution is 8.00. The van der Waals surface area contributed by atoms with Crippen molar-refractivity contribution in [2.24, 2.45) is 5.73 Å². The number of nitrogens with one attached hydrogen (secondary N) is 1. The molecule has 1 heterocycles. The molecule has 0 aliphatic carbocycles. The monoisotopic (exact) mass is 308 g/mol. The molecular weight excluding hydrogens is 292 g/mol. The zero-order chi connectivity index (χ0) is 14.4. The van der Waals surface area contributed by atoms with E-state index in [0.29, 0.717) is 16.3 Å². The van der Waals surface area contributed by atoms with Crippen LogP contribution in [-0.2, 0) is 4.79 Å². The molecule has 1 amide bonds. The molecular formula is C15H17ClN2OS. The van der Waals surface area contributed by atoms with Crippen LogP contribution in [-0.4, -0.2) is 23.5 Å². The molecule has 0 saturated carbocycles. The summed E-state index contributed by atoms with van der Waals surface area (Å²) in [5.41, 5.74) is 6.79. The average Bonchev–Trinajstić information content (AvgIpc) is 2.48. The molecule has 1 aromatic rings. The number of carbonyl (C=O) groups is 1. The minimum atomic E-state index is 0.0368. The minimum absolute atomic E-state index is 0.0368. The molecule has 1 unspecified atom stereocenters. The number of amides is 1. The first-order valence-electron chi connectivity index (χ1n) is 6.61. The lowest BCUT2D eigenvalue weighted by Gasteiger charge is -2.20. The normalized spacial score (nSPS) is 18.0. The topological polar surface area (TPSA) is 55.1 Å².